The fraction of sp³-hybridized carbons (Fsp3) is 1.00. The average Bonchev–Trinajstić information content (AvgIpc) is 2.69. The van der Waals surface area contributed by atoms with E-state index in [2.05, 4.69) is 77.0 Å². The third-order valence-corrected chi connectivity index (χ3v) is 7.74. The summed E-state index contributed by atoms with van der Waals surface area (Å²) in [7, 11) is -0.483. The van der Waals surface area contributed by atoms with Crippen LogP contribution in [0.15, 0.2) is 0 Å². The molecular weight excluding hydrogens is 386 g/mol. The summed E-state index contributed by atoms with van der Waals surface area (Å²) in [4.78, 5) is 8.14. The Morgan fingerprint density at radius 3 is 1.27 bits per heavy atom. The Labute approximate surface area is 193 Å². The molecule has 0 spiro atoms. The van der Waals surface area contributed by atoms with Crippen LogP contribution >= 0.6 is 0 Å². The molecule has 0 N–H and O–H groups in total. The van der Waals surface area contributed by atoms with Gasteiger partial charge in [-0.3, -0.25) is 0 Å². The van der Waals surface area contributed by atoms with Crippen molar-refractivity contribution in [2.24, 2.45) is 5.41 Å². The lowest BCUT2D eigenvalue weighted by atomic mass is 9.82. The summed E-state index contributed by atoms with van der Waals surface area (Å²) in [5.41, 5.74) is 0.345. The van der Waals surface area contributed by atoms with E-state index in [0.29, 0.717) is 5.41 Å². The van der Waals surface area contributed by atoms with E-state index < -0.39 is 9.76 Å². The van der Waals surface area contributed by atoms with Gasteiger partial charge in [-0.2, -0.15) is 0 Å². The summed E-state index contributed by atoms with van der Waals surface area (Å²) in [5.74, 6) is 0. The van der Waals surface area contributed by atoms with Crippen molar-refractivity contribution in [3.05, 3.63) is 0 Å². The predicted molar refractivity (Wildman–Crippen MR) is 138 cm³/mol. The van der Waals surface area contributed by atoms with Gasteiger partial charge in [0.15, 0.2) is 9.76 Å². The lowest BCUT2D eigenvalue weighted by molar-refractivity contribution is 0.0524. The number of nitrogens with zero attached hydrogens (tertiary/aromatic N) is 3. The highest BCUT2D eigenvalue weighted by Crippen LogP contribution is 2.30. The summed E-state index contributed by atoms with van der Waals surface area (Å²) < 4.78 is 6.26. The normalized spacial score (nSPS) is 13.6. The van der Waals surface area contributed by atoms with Crippen LogP contribution in [0.3, 0.4) is 0 Å². The highest BCUT2D eigenvalue weighted by atomic mass is 28.2. The Bertz CT molecular complexity index is 360. The van der Waals surface area contributed by atoms with Gasteiger partial charge < -0.3 is 19.1 Å². The first kappa shape index (κ1) is 30.1. The molecule has 0 aromatic carbocycles. The molecule has 4 nitrogen and oxygen atoms in total. The van der Waals surface area contributed by atoms with E-state index in [1.807, 2.05) is 0 Å². The Morgan fingerprint density at radius 1 is 0.633 bits per heavy atom. The van der Waals surface area contributed by atoms with Gasteiger partial charge in [0.25, 0.3) is 0 Å². The van der Waals surface area contributed by atoms with E-state index >= 15 is 0 Å². The highest BCUT2D eigenvalue weighted by molar-refractivity contribution is 6.27. The molecule has 0 aromatic rings. The molecule has 30 heavy (non-hydrogen) atoms. The third kappa shape index (κ3) is 13.5. The standard InChI is InChI=1S/C25H57N3OSi/c1-10-17-26(13-4)21-25(22-27(14-5)18-11-2,23-28(15-6)19-12-3)16-20-30-29-24(7,8)9/h10-23,30H2,1-9H3. The van der Waals surface area contributed by atoms with Gasteiger partial charge in [-0.15, -0.1) is 0 Å². The SMILES string of the molecule is CCCN(CC)CC(CC[SiH2]OC(C)(C)C)(CN(CC)CCC)CN(CC)CCC. The smallest absolute Gasteiger partial charge is 0.162 e. The zero-order chi connectivity index (χ0) is 23.0. The van der Waals surface area contributed by atoms with Crippen molar-refractivity contribution < 1.29 is 4.43 Å². The molecule has 0 atom stereocenters. The maximum atomic E-state index is 6.26. The van der Waals surface area contributed by atoms with E-state index in [4.69, 9.17) is 4.43 Å². The van der Waals surface area contributed by atoms with Crippen LogP contribution in [0.2, 0.25) is 6.04 Å². The van der Waals surface area contributed by atoms with Crippen molar-refractivity contribution in [2.45, 2.75) is 99.6 Å². The van der Waals surface area contributed by atoms with Crippen LogP contribution in [0, 0.1) is 5.41 Å². The molecule has 0 unspecified atom stereocenters. The first-order valence-electron chi connectivity index (χ1n) is 13.0. The molecule has 0 radical (unpaired) electrons. The van der Waals surface area contributed by atoms with Gasteiger partial charge in [-0.05, 0) is 91.8 Å². The highest BCUT2D eigenvalue weighted by Gasteiger charge is 2.35. The van der Waals surface area contributed by atoms with Gasteiger partial charge in [0, 0.05) is 30.7 Å². The predicted octanol–water partition coefficient (Wildman–Crippen LogP) is 4.88. The minimum absolute atomic E-state index is 0.0157. The molecule has 0 aromatic heterocycles. The molecule has 0 saturated carbocycles. The Hall–Kier alpha value is 0.0569. The zero-order valence-electron chi connectivity index (χ0n) is 22.4. The molecule has 0 rings (SSSR count). The summed E-state index contributed by atoms with van der Waals surface area (Å²) in [6.07, 6.45) is 5.02. The fourth-order valence-electron chi connectivity index (χ4n) is 4.63. The maximum Gasteiger partial charge on any atom is 0.162 e. The molecule has 0 aliphatic rings. The first-order valence-corrected chi connectivity index (χ1v) is 14.6. The second-order valence-corrected chi connectivity index (χ2v) is 11.6. The maximum absolute atomic E-state index is 6.26. The molecular formula is C25H57N3OSi. The van der Waals surface area contributed by atoms with E-state index in [1.54, 1.807) is 0 Å². The molecule has 5 heteroatoms. The molecule has 0 saturated heterocycles. The molecule has 0 aliphatic heterocycles. The second kappa shape index (κ2) is 16.7. The molecule has 0 bridgehead atoms. The van der Waals surface area contributed by atoms with Crippen molar-refractivity contribution in [3.8, 4) is 0 Å². The van der Waals surface area contributed by atoms with Crippen molar-refractivity contribution >= 4 is 9.76 Å². The minimum atomic E-state index is -0.483. The van der Waals surface area contributed by atoms with Gasteiger partial charge in [0.05, 0.1) is 0 Å². The van der Waals surface area contributed by atoms with E-state index in [0.717, 1.165) is 19.6 Å². The summed E-state index contributed by atoms with van der Waals surface area (Å²) in [6.45, 7) is 31.4. The van der Waals surface area contributed by atoms with Crippen LogP contribution in [0.4, 0.5) is 0 Å². The molecule has 182 valence electrons. The van der Waals surface area contributed by atoms with Crippen LogP contribution in [-0.2, 0) is 4.43 Å². The van der Waals surface area contributed by atoms with Crippen molar-refractivity contribution in [1.82, 2.24) is 14.7 Å². The van der Waals surface area contributed by atoms with Gasteiger partial charge in [-0.1, -0.05) is 41.5 Å². The molecule has 0 aliphatic carbocycles. The Balaban J connectivity index is 5.68. The summed E-state index contributed by atoms with van der Waals surface area (Å²) >= 11 is 0. The number of hydrogen-bond acceptors (Lipinski definition) is 4. The van der Waals surface area contributed by atoms with Crippen LogP contribution < -0.4 is 0 Å². The lowest BCUT2D eigenvalue weighted by Crippen LogP contribution is -2.52. The van der Waals surface area contributed by atoms with Gasteiger partial charge >= 0.3 is 0 Å². The van der Waals surface area contributed by atoms with Crippen LogP contribution in [0.5, 0.6) is 0 Å². The van der Waals surface area contributed by atoms with Gasteiger partial charge in [0.2, 0.25) is 0 Å². The van der Waals surface area contributed by atoms with Crippen molar-refractivity contribution in [1.29, 1.82) is 0 Å². The Morgan fingerprint density at radius 2 is 1.00 bits per heavy atom. The van der Waals surface area contributed by atoms with Crippen LogP contribution in [0.25, 0.3) is 0 Å². The molecule has 0 fully saturated rings. The van der Waals surface area contributed by atoms with Gasteiger partial charge in [0.1, 0.15) is 0 Å². The number of hydrogen-bond donors (Lipinski definition) is 0. The largest absolute Gasteiger partial charge is 0.419 e. The monoisotopic (exact) mass is 443 g/mol. The average molecular weight is 444 g/mol. The van der Waals surface area contributed by atoms with E-state index in [1.165, 1.54) is 71.0 Å². The van der Waals surface area contributed by atoms with Crippen molar-refractivity contribution in [3.63, 3.8) is 0 Å². The van der Waals surface area contributed by atoms with Crippen molar-refractivity contribution in [2.75, 3.05) is 58.9 Å². The van der Waals surface area contributed by atoms with E-state index in [-0.39, 0.29) is 5.60 Å². The minimum Gasteiger partial charge on any atom is -0.419 e. The summed E-state index contributed by atoms with van der Waals surface area (Å²) in [6, 6.07) is 1.29. The van der Waals surface area contributed by atoms with Crippen LogP contribution in [0.1, 0.15) is 88.0 Å². The molecule has 0 amide bonds. The molecule has 0 heterocycles. The zero-order valence-corrected chi connectivity index (χ0v) is 23.8. The third-order valence-electron chi connectivity index (χ3n) is 6.02. The Kier molecular flexibility index (Phi) is 16.7. The first-order chi connectivity index (χ1) is 14.2. The topological polar surface area (TPSA) is 19.0 Å². The van der Waals surface area contributed by atoms with E-state index in [9.17, 15) is 0 Å². The summed E-state index contributed by atoms with van der Waals surface area (Å²) in [5, 5.41) is 0. The fourth-order valence-corrected chi connectivity index (χ4v) is 6.28. The second-order valence-electron chi connectivity index (χ2n) is 10.2. The quantitative estimate of drug-likeness (QED) is 0.209. The lowest BCUT2D eigenvalue weighted by Gasteiger charge is -2.44. The van der Waals surface area contributed by atoms with Gasteiger partial charge in [-0.25, -0.2) is 0 Å². The number of rotatable bonds is 19. The van der Waals surface area contributed by atoms with Crippen LogP contribution in [-0.4, -0.2) is 89.0 Å².